The summed E-state index contributed by atoms with van der Waals surface area (Å²) in [5.74, 6) is 0.857. The highest BCUT2D eigenvalue weighted by Crippen LogP contribution is 2.37. The summed E-state index contributed by atoms with van der Waals surface area (Å²) in [6.07, 6.45) is 3.72. The van der Waals surface area contributed by atoms with Gasteiger partial charge in [0, 0.05) is 16.6 Å². The zero-order valence-corrected chi connectivity index (χ0v) is 15.8. The van der Waals surface area contributed by atoms with Crippen molar-refractivity contribution in [1.29, 1.82) is 0 Å². The zero-order valence-electron chi connectivity index (χ0n) is 15.0. The maximum atomic E-state index is 4.52. The molecule has 0 aliphatic heterocycles. The fourth-order valence-electron chi connectivity index (χ4n) is 3.06. The molecule has 4 heteroatoms. The molecule has 0 radical (unpaired) electrons. The van der Waals surface area contributed by atoms with Gasteiger partial charge in [-0.1, -0.05) is 50.2 Å². The van der Waals surface area contributed by atoms with Gasteiger partial charge >= 0.3 is 0 Å². The predicted molar refractivity (Wildman–Crippen MR) is 111 cm³/mol. The van der Waals surface area contributed by atoms with E-state index in [1.807, 2.05) is 0 Å². The van der Waals surface area contributed by atoms with E-state index in [9.17, 15) is 0 Å². The standard InChI is InChI=1S/C22H21N3S/c1-3-15-5-9-17(10-6-15)19-13-26-22-20(19)21(23-14-24-22)25-18-11-7-16(4-2)8-12-18/h5-14H,3-4H2,1-2H3,(H,23,24,25). The van der Waals surface area contributed by atoms with Gasteiger partial charge < -0.3 is 5.32 Å². The Balaban J connectivity index is 1.75. The van der Waals surface area contributed by atoms with Gasteiger partial charge in [0.15, 0.2) is 0 Å². The molecule has 0 amide bonds. The molecule has 0 fully saturated rings. The first-order chi connectivity index (χ1) is 12.8. The van der Waals surface area contributed by atoms with Crippen LogP contribution >= 0.6 is 11.3 Å². The topological polar surface area (TPSA) is 37.8 Å². The van der Waals surface area contributed by atoms with Crippen molar-refractivity contribution in [2.75, 3.05) is 5.32 Å². The second kappa shape index (κ2) is 7.26. The number of aryl methyl sites for hydroxylation is 2. The van der Waals surface area contributed by atoms with Crippen molar-refractivity contribution >= 4 is 33.1 Å². The summed E-state index contributed by atoms with van der Waals surface area (Å²) in [4.78, 5) is 9.98. The number of hydrogen-bond donors (Lipinski definition) is 1. The Hall–Kier alpha value is -2.72. The third kappa shape index (κ3) is 3.20. The van der Waals surface area contributed by atoms with Crippen LogP contribution in [-0.4, -0.2) is 9.97 Å². The molecule has 2 aromatic heterocycles. The molecular formula is C22H21N3S. The summed E-state index contributed by atoms with van der Waals surface area (Å²) in [6, 6.07) is 17.3. The zero-order chi connectivity index (χ0) is 17.9. The van der Waals surface area contributed by atoms with E-state index in [4.69, 9.17) is 0 Å². The Morgan fingerprint density at radius 2 is 1.50 bits per heavy atom. The Kier molecular flexibility index (Phi) is 4.67. The van der Waals surface area contributed by atoms with E-state index in [-0.39, 0.29) is 0 Å². The first-order valence-corrected chi connectivity index (χ1v) is 9.84. The van der Waals surface area contributed by atoms with Crippen LogP contribution in [0.2, 0.25) is 0 Å². The van der Waals surface area contributed by atoms with E-state index in [2.05, 4.69) is 83.0 Å². The van der Waals surface area contributed by atoms with E-state index >= 15 is 0 Å². The molecule has 3 nitrogen and oxygen atoms in total. The van der Waals surface area contributed by atoms with Crippen molar-refractivity contribution in [2.24, 2.45) is 0 Å². The average Bonchev–Trinajstić information content (AvgIpc) is 3.14. The Morgan fingerprint density at radius 3 is 2.15 bits per heavy atom. The molecule has 2 aromatic carbocycles. The van der Waals surface area contributed by atoms with Crippen molar-refractivity contribution in [3.05, 3.63) is 71.4 Å². The highest BCUT2D eigenvalue weighted by atomic mass is 32.1. The molecule has 1 N–H and O–H groups in total. The minimum absolute atomic E-state index is 0.857. The van der Waals surface area contributed by atoms with Gasteiger partial charge in [0.05, 0.1) is 5.39 Å². The lowest BCUT2D eigenvalue weighted by Gasteiger charge is -2.09. The number of benzene rings is 2. The van der Waals surface area contributed by atoms with Crippen molar-refractivity contribution in [1.82, 2.24) is 9.97 Å². The van der Waals surface area contributed by atoms with Gasteiger partial charge in [-0.05, 0) is 41.7 Å². The number of aromatic nitrogens is 2. The Bertz CT molecular complexity index is 1020. The molecule has 4 rings (SSSR count). The van der Waals surface area contributed by atoms with Crippen molar-refractivity contribution in [3.63, 3.8) is 0 Å². The van der Waals surface area contributed by atoms with Crippen LogP contribution < -0.4 is 5.32 Å². The van der Waals surface area contributed by atoms with Crippen LogP contribution in [0.5, 0.6) is 0 Å². The summed E-state index contributed by atoms with van der Waals surface area (Å²) < 4.78 is 0. The van der Waals surface area contributed by atoms with Gasteiger partial charge in [-0.3, -0.25) is 0 Å². The summed E-state index contributed by atoms with van der Waals surface area (Å²) in [5, 5.41) is 6.73. The van der Waals surface area contributed by atoms with Crippen LogP contribution in [0.25, 0.3) is 21.3 Å². The monoisotopic (exact) mass is 359 g/mol. The fraction of sp³-hybridized carbons (Fsp3) is 0.182. The molecule has 0 spiro atoms. The van der Waals surface area contributed by atoms with Gasteiger partial charge in [-0.15, -0.1) is 11.3 Å². The molecule has 0 aliphatic carbocycles. The molecule has 0 aliphatic rings. The van der Waals surface area contributed by atoms with Gasteiger partial charge in [0.25, 0.3) is 0 Å². The lowest BCUT2D eigenvalue weighted by molar-refractivity contribution is 1.14. The Labute approximate surface area is 157 Å². The summed E-state index contributed by atoms with van der Waals surface area (Å²) >= 11 is 1.66. The predicted octanol–water partition coefficient (Wildman–Crippen LogP) is 6.23. The third-order valence-corrected chi connectivity index (χ3v) is 5.55. The van der Waals surface area contributed by atoms with Gasteiger partial charge in [-0.25, -0.2) is 9.97 Å². The highest BCUT2D eigenvalue weighted by molar-refractivity contribution is 7.17. The molecule has 0 saturated carbocycles. The minimum Gasteiger partial charge on any atom is -0.340 e. The quantitative estimate of drug-likeness (QED) is 0.459. The number of anilines is 2. The smallest absolute Gasteiger partial charge is 0.143 e. The van der Waals surface area contributed by atoms with E-state index in [0.29, 0.717) is 0 Å². The lowest BCUT2D eigenvalue weighted by Crippen LogP contribution is -1.96. The average molecular weight is 359 g/mol. The summed E-state index contributed by atoms with van der Waals surface area (Å²) in [6.45, 7) is 4.34. The van der Waals surface area contributed by atoms with Crippen LogP contribution in [0.4, 0.5) is 11.5 Å². The third-order valence-electron chi connectivity index (χ3n) is 4.67. The van der Waals surface area contributed by atoms with E-state index in [0.717, 1.165) is 34.6 Å². The molecule has 0 saturated heterocycles. The second-order valence-electron chi connectivity index (χ2n) is 6.28. The number of nitrogens with one attached hydrogen (secondary N) is 1. The molecule has 0 unspecified atom stereocenters. The molecule has 0 bridgehead atoms. The Morgan fingerprint density at radius 1 is 0.846 bits per heavy atom. The van der Waals surface area contributed by atoms with Crippen LogP contribution in [0, 0.1) is 0 Å². The van der Waals surface area contributed by atoms with E-state index in [1.54, 1.807) is 17.7 Å². The summed E-state index contributed by atoms with van der Waals surface area (Å²) in [7, 11) is 0. The van der Waals surface area contributed by atoms with Crippen LogP contribution in [-0.2, 0) is 12.8 Å². The molecule has 0 atom stereocenters. The van der Waals surface area contributed by atoms with Crippen LogP contribution in [0.3, 0.4) is 0 Å². The highest BCUT2D eigenvalue weighted by Gasteiger charge is 2.13. The second-order valence-corrected chi connectivity index (χ2v) is 7.14. The fourth-order valence-corrected chi connectivity index (χ4v) is 3.98. The number of rotatable bonds is 5. The molecule has 130 valence electrons. The first kappa shape index (κ1) is 16.7. The molecular weight excluding hydrogens is 338 g/mol. The number of nitrogens with zero attached hydrogens (tertiary/aromatic N) is 2. The maximum Gasteiger partial charge on any atom is 0.143 e. The van der Waals surface area contributed by atoms with E-state index < -0.39 is 0 Å². The number of hydrogen-bond acceptors (Lipinski definition) is 4. The minimum atomic E-state index is 0.857. The van der Waals surface area contributed by atoms with Gasteiger partial charge in [-0.2, -0.15) is 0 Å². The van der Waals surface area contributed by atoms with Crippen molar-refractivity contribution in [3.8, 4) is 11.1 Å². The first-order valence-electron chi connectivity index (χ1n) is 8.96. The molecule has 2 heterocycles. The van der Waals surface area contributed by atoms with Gasteiger partial charge in [0.1, 0.15) is 17.0 Å². The normalized spacial score (nSPS) is 11.0. The van der Waals surface area contributed by atoms with Crippen molar-refractivity contribution in [2.45, 2.75) is 26.7 Å². The van der Waals surface area contributed by atoms with E-state index in [1.165, 1.54) is 22.3 Å². The van der Waals surface area contributed by atoms with Gasteiger partial charge in [0.2, 0.25) is 0 Å². The number of thiophene rings is 1. The summed E-state index contributed by atoms with van der Waals surface area (Å²) in [5.41, 5.74) is 6.10. The number of fused-ring (bicyclic) bond motifs is 1. The van der Waals surface area contributed by atoms with Crippen LogP contribution in [0.1, 0.15) is 25.0 Å². The maximum absolute atomic E-state index is 4.52. The molecule has 4 aromatic rings. The molecule has 26 heavy (non-hydrogen) atoms. The van der Waals surface area contributed by atoms with Crippen LogP contribution in [0.15, 0.2) is 60.2 Å². The van der Waals surface area contributed by atoms with Crippen molar-refractivity contribution < 1.29 is 0 Å². The largest absolute Gasteiger partial charge is 0.340 e. The lowest BCUT2D eigenvalue weighted by atomic mass is 10.0. The SMILES string of the molecule is CCc1ccc(Nc2ncnc3scc(-c4ccc(CC)cc4)c23)cc1.